The van der Waals surface area contributed by atoms with E-state index in [-0.39, 0.29) is 12.0 Å². The van der Waals surface area contributed by atoms with Crippen molar-refractivity contribution in [2.45, 2.75) is 20.0 Å². The molecule has 1 aromatic carbocycles. The van der Waals surface area contributed by atoms with Gasteiger partial charge in [0.2, 0.25) is 0 Å². The monoisotopic (exact) mass is 279 g/mol. The van der Waals surface area contributed by atoms with E-state index in [0.29, 0.717) is 22.0 Å². The molecule has 2 aromatic rings. The summed E-state index contributed by atoms with van der Waals surface area (Å²) in [5.41, 5.74) is 1.06. The fraction of sp³-hybridized carbons (Fsp3) is 0.214. The molecule has 19 heavy (non-hydrogen) atoms. The summed E-state index contributed by atoms with van der Waals surface area (Å²) in [5, 5.41) is 3.18. The first kappa shape index (κ1) is 13.5. The Hall–Kier alpha value is -1.94. The predicted molar refractivity (Wildman–Crippen MR) is 73.9 cm³/mol. The van der Waals surface area contributed by atoms with Crippen LogP contribution in [0.1, 0.15) is 24.2 Å². The third kappa shape index (κ3) is 3.51. The first-order valence-corrected chi connectivity index (χ1v) is 6.24. The number of amides is 1. The summed E-state index contributed by atoms with van der Waals surface area (Å²) in [6.07, 6.45) is 2.87. The lowest BCUT2D eigenvalue weighted by Crippen LogP contribution is -2.11. The number of ether oxygens (including phenoxy) is 1. The maximum atomic E-state index is 11.8. The largest absolute Gasteiger partial charge is 0.489 e. The molecule has 0 spiro atoms. The second kappa shape index (κ2) is 5.80. The molecule has 100 valence electrons. The molecule has 1 aromatic heterocycles. The molecule has 2 rings (SSSR count). The average molecular weight is 280 g/mol. The SMILES string of the molecule is CC(C)Oc1ccc(NC(=O)c2ccoc2)cc1Cl. The standard InChI is InChI=1S/C14H14ClNO3/c1-9(2)19-13-4-3-11(7-12(13)15)16-14(17)10-5-6-18-8-10/h3-9H,1-2H3,(H,16,17). The van der Waals surface area contributed by atoms with Gasteiger partial charge in [0, 0.05) is 5.69 Å². The second-order valence-electron chi connectivity index (χ2n) is 4.28. The van der Waals surface area contributed by atoms with E-state index in [1.807, 2.05) is 13.8 Å². The lowest BCUT2D eigenvalue weighted by molar-refractivity contribution is 0.102. The highest BCUT2D eigenvalue weighted by Gasteiger charge is 2.09. The number of halogens is 1. The molecule has 0 unspecified atom stereocenters. The van der Waals surface area contributed by atoms with Crippen LogP contribution in [0.25, 0.3) is 0 Å². The van der Waals surface area contributed by atoms with Gasteiger partial charge in [-0.15, -0.1) is 0 Å². The van der Waals surface area contributed by atoms with Crippen LogP contribution in [-0.2, 0) is 0 Å². The van der Waals surface area contributed by atoms with E-state index < -0.39 is 0 Å². The van der Waals surface area contributed by atoms with E-state index in [2.05, 4.69) is 5.32 Å². The summed E-state index contributed by atoms with van der Waals surface area (Å²) >= 11 is 6.09. The van der Waals surface area contributed by atoms with Gasteiger partial charge in [0.05, 0.1) is 23.0 Å². The van der Waals surface area contributed by atoms with E-state index >= 15 is 0 Å². The molecule has 0 aliphatic rings. The molecule has 1 heterocycles. The summed E-state index contributed by atoms with van der Waals surface area (Å²) < 4.78 is 10.4. The molecular weight excluding hydrogens is 266 g/mol. The smallest absolute Gasteiger partial charge is 0.258 e. The summed E-state index contributed by atoms with van der Waals surface area (Å²) in [7, 11) is 0. The molecule has 5 heteroatoms. The van der Waals surface area contributed by atoms with Crippen LogP contribution in [0, 0.1) is 0 Å². The maximum absolute atomic E-state index is 11.8. The topological polar surface area (TPSA) is 51.5 Å². The molecular formula is C14H14ClNO3. The third-order valence-electron chi connectivity index (χ3n) is 2.34. The summed E-state index contributed by atoms with van der Waals surface area (Å²) in [5.74, 6) is 0.348. The first-order valence-electron chi connectivity index (χ1n) is 5.86. The van der Waals surface area contributed by atoms with Gasteiger partial charge in [0.25, 0.3) is 5.91 Å². The van der Waals surface area contributed by atoms with Crippen LogP contribution < -0.4 is 10.1 Å². The van der Waals surface area contributed by atoms with Crippen molar-refractivity contribution in [3.63, 3.8) is 0 Å². The minimum absolute atomic E-state index is 0.0453. The minimum Gasteiger partial charge on any atom is -0.489 e. The van der Waals surface area contributed by atoms with Gasteiger partial charge in [-0.05, 0) is 38.1 Å². The average Bonchev–Trinajstić information content (AvgIpc) is 2.86. The van der Waals surface area contributed by atoms with Crippen molar-refractivity contribution in [2.75, 3.05) is 5.32 Å². The van der Waals surface area contributed by atoms with Gasteiger partial charge in [-0.25, -0.2) is 0 Å². The molecule has 0 saturated heterocycles. The zero-order valence-electron chi connectivity index (χ0n) is 10.6. The Labute approximate surface area is 116 Å². The van der Waals surface area contributed by atoms with Crippen molar-refractivity contribution < 1.29 is 13.9 Å². The van der Waals surface area contributed by atoms with Crippen molar-refractivity contribution in [1.82, 2.24) is 0 Å². The highest BCUT2D eigenvalue weighted by atomic mass is 35.5. The Bertz CT molecular complexity index is 564. The minimum atomic E-state index is -0.248. The zero-order valence-corrected chi connectivity index (χ0v) is 11.4. The van der Waals surface area contributed by atoms with Crippen molar-refractivity contribution in [2.24, 2.45) is 0 Å². The maximum Gasteiger partial charge on any atom is 0.258 e. The molecule has 0 fully saturated rings. The lowest BCUT2D eigenvalue weighted by atomic mass is 10.2. The van der Waals surface area contributed by atoms with E-state index in [1.54, 1.807) is 24.3 Å². The molecule has 0 bridgehead atoms. The molecule has 0 atom stereocenters. The second-order valence-corrected chi connectivity index (χ2v) is 4.69. The number of benzene rings is 1. The Morgan fingerprint density at radius 3 is 2.74 bits per heavy atom. The van der Waals surface area contributed by atoms with Gasteiger partial charge in [0.1, 0.15) is 12.0 Å². The number of nitrogens with one attached hydrogen (secondary N) is 1. The number of anilines is 1. The van der Waals surface area contributed by atoms with Crippen LogP contribution >= 0.6 is 11.6 Å². The predicted octanol–water partition coefficient (Wildman–Crippen LogP) is 3.97. The molecule has 1 N–H and O–H groups in total. The Morgan fingerprint density at radius 2 is 2.16 bits per heavy atom. The van der Waals surface area contributed by atoms with Gasteiger partial charge in [-0.1, -0.05) is 11.6 Å². The molecule has 1 amide bonds. The third-order valence-corrected chi connectivity index (χ3v) is 2.63. The van der Waals surface area contributed by atoms with Crippen LogP contribution in [0.2, 0.25) is 5.02 Å². The number of carbonyl (C=O) groups excluding carboxylic acids is 1. The Balaban J connectivity index is 2.10. The van der Waals surface area contributed by atoms with E-state index in [0.717, 1.165) is 0 Å². The number of rotatable bonds is 4. The highest BCUT2D eigenvalue weighted by Crippen LogP contribution is 2.28. The van der Waals surface area contributed by atoms with Crippen molar-refractivity contribution >= 4 is 23.2 Å². The lowest BCUT2D eigenvalue weighted by Gasteiger charge is -2.12. The van der Waals surface area contributed by atoms with E-state index in [9.17, 15) is 4.79 Å². The molecule has 0 aliphatic carbocycles. The zero-order chi connectivity index (χ0) is 13.8. The quantitative estimate of drug-likeness (QED) is 0.921. The van der Waals surface area contributed by atoms with E-state index in [4.69, 9.17) is 20.8 Å². The van der Waals surface area contributed by atoms with Gasteiger partial charge >= 0.3 is 0 Å². The van der Waals surface area contributed by atoms with Gasteiger partial charge in [0.15, 0.2) is 0 Å². The molecule has 4 nitrogen and oxygen atoms in total. The van der Waals surface area contributed by atoms with Crippen LogP contribution in [0.5, 0.6) is 5.75 Å². The van der Waals surface area contributed by atoms with Crippen LogP contribution in [-0.4, -0.2) is 12.0 Å². The Morgan fingerprint density at radius 1 is 1.37 bits per heavy atom. The number of hydrogen-bond acceptors (Lipinski definition) is 3. The number of carbonyl (C=O) groups is 1. The summed E-state index contributed by atoms with van der Waals surface area (Å²) in [4.78, 5) is 11.8. The summed E-state index contributed by atoms with van der Waals surface area (Å²) in [6.45, 7) is 3.84. The fourth-order valence-electron chi connectivity index (χ4n) is 1.53. The normalized spacial score (nSPS) is 10.5. The van der Waals surface area contributed by atoms with Crippen LogP contribution in [0.4, 0.5) is 5.69 Å². The Kier molecular flexibility index (Phi) is 4.12. The van der Waals surface area contributed by atoms with Gasteiger partial charge in [-0.3, -0.25) is 4.79 Å². The van der Waals surface area contributed by atoms with Crippen LogP contribution in [0.15, 0.2) is 41.2 Å². The van der Waals surface area contributed by atoms with E-state index in [1.165, 1.54) is 12.5 Å². The van der Waals surface area contributed by atoms with Crippen molar-refractivity contribution in [1.29, 1.82) is 0 Å². The van der Waals surface area contributed by atoms with Gasteiger partial charge in [-0.2, -0.15) is 0 Å². The van der Waals surface area contributed by atoms with Crippen molar-refractivity contribution in [3.05, 3.63) is 47.4 Å². The van der Waals surface area contributed by atoms with Gasteiger partial charge < -0.3 is 14.5 Å². The fourth-order valence-corrected chi connectivity index (χ4v) is 1.75. The molecule has 0 radical (unpaired) electrons. The van der Waals surface area contributed by atoms with Crippen molar-refractivity contribution in [3.8, 4) is 5.75 Å². The summed E-state index contributed by atoms with van der Waals surface area (Å²) in [6, 6.07) is 6.71. The molecule has 0 saturated carbocycles. The molecule has 0 aliphatic heterocycles. The van der Waals surface area contributed by atoms with Crippen LogP contribution in [0.3, 0.4) is 0 Å². The first-order chi connectivity index (χ1) is 9.06. The number of furan rings is 1. The number of hydrogen-bond donors (Lipinski definition) is 1. The highest BCUT2D eigenvalue weighted by molar-refractivity contribution is 6.32.